The number of carbonyl (C=O) groups is 1. The SMILES string of the molecule is Cc1cc(C(=O)NCC2CCN(c3ncccn3)CC2)no1. The lowest BCUT2D eigenvalue weighted by molar-refractivity contribution is 0.0935. The molecule has 1 fully saturated rings. The molecule has 0 unspecified atom stereocenters. The van der Waals surface area contributed by atoms with Crippen LogP contribution >= 0.6 is 0 Å². The van der Waals surface area contributed by atoms with Gasteiger partial charge in [-0.25, -0.2) is 9.97 Å². The van der Waals surface area contributed by atoms with Crippen LogP contribution in [0.5, 0.6) is 0 Å². The van der Waals surface area contributed by atoms with Gasteiger partial charge in [-0.2, -0.15) is 0 Å². The molecule has 0 radical (unpaired) electrons. The van der Waals surface area contributed by atoms with E-state index in [2.05, 4.69) is 25.3 Å². The Morgan fingerprint density at radius 3 is 2.73 bits per heavy atom. The van der Waals surface area contributed by atoms with Crippen LogP contribution in [0.4, 0.5) is 5.95 Å². The maximum atomic E-state index is 11.9. The first kappa shape index (κ1) is 14.5. The molecule has 3 rings (SSSR count). The van der Waals surface area contributed by atoms with Gasteiger partial charge in [0, 0.05) is 38.1 Å². The van der Waals surface area contributed by atoms with Gasteiger partial charge in [-0.15, -0.1) is 0 Å². The zero-order chi connectivity index (χ0) is 15.4. The van der Waals surface area contributed by atoms with Crippen LogP contribution in [0.1, 0.15) is 29.1 Å². The third-order valence-corrected chi connectivity index (χ3v) is 3.86. The van der Waals surface area contributed by atoms with E-state index in [1.54, 1.807) is 25.4 Å². The summed E-state index contributed by atoms with van der Waals surface area (Å²) in [5.41, 5.74) is 0.340. The van der Waals surface area contributed by atoms with Crippen molar-refractivity contribution < 1.29 is 9.32 Å². The molecule has 0 aromatic carbocycles. The Kier molecular flexibility index (Phi) is 4.32. The predicted molar refractivity (Wildman–Crippen MR) is 80.5 cm³/mol. The largest absolute Gasteiger partial charge is 0.361 e. The van der Waals surface area contributed by atoms with E-state index in [9.17, 15) is 4.79 Å². The molecule has 1 saturated heterocycles. The Balaban J connectivity index is 1.45. The molecular weight excluding hydrogens is 282 g/mol. The van der Waals surface area contributed by atoms with Gasteiger partial charge >= 0.3 is 0 Å². The summed E-state index contributed by atoms with van der Waals surface area (Å²) in [5.74, 6) is 1.71. The van der Waals surface area contributed by atoms with Crippen LogP contribution in [0.2, 0.25) is 0 Å². The molecule has 0 saturated carbocycles. The van der Waals surface area contributed by atoms with E-state index in [1.807, 2.05) is 6.07 Å². The average Bonchev–Trinajstić information content (AvgIpc) is 3.00. The van der Waals surface area contributed by atoms with Crippen molar-refractivity contribution in [2.75, 3.05) is 24.5 Å². The molecule has 0 atom stereocenters. The summed E-state index contributed by atoms with van der Waals surface area (Å²) in [5, 5.41) is 6.64. The molecule has 1 aliphatic rings. The molecule has 7 nitrogen and oxygen atoms in total. The van der Waals surface area contributed by atoms with Crippen LogP contribution in [0.15, 0.2) is 29.0 Å². The van der Waals surface area contributed by atoms with Crippen LogP contribution in [-0.4, -0.2) is 40.7 Å². The molecule has 1 aliphatic heterocycles. The van der Waals surface area contributed by atoms with Crippen molar-refractivity contribution >= 4 is 11.9 Å². The highest BCUT2D eigenvalue weighted by atomic mass is 16.5. The van der Waals surface area contributed by atoms with E-state index in [4.69, 9.17) is 4.52 Å². The number of nitrogens with one attached hydrogen (secondary N) is 1. The number of hydrogen-bond acceptors (Lipinski definition) is 6. The number of amides is 1. The first-order valence-corrected chi connectivity index (χ1v) is 7.46. The standard InChI is InChI=1S/C15H19N5O2/c1-11-9-13(19-22-11)14(21)18-10-12-3-7-20(8-4-12)15-16-5-2-6-17-15/h2,5-6,9,12H,3-4,7-8,10H2,1H3,(H,18,21). The molecule has 2 aromatic rings. The minimum atomic E-state index is -0.175. The summed E-state index contributed by atoms with van der Waals surface area (Å²) in [7, 11) is 0. The molecule has 1 amide bonds. The summed E-state index contributed by atoms with van der Waals surface area (Å²) >= 11 is 0. The fourth-order valence-electron chi connectivity index (χ4n) is 2.59. The van der Waals surface area contributed by atoms with Crippen molar-refractivity contribution in [1.82, 2.24) is 20.4 Å². The molecule has 3 heterocycles. The maximum Gasteiger partial charge on any atom is 0.273 e. The molecule has 22 heavy (non-hydrogen) atoms. The van der Waals surface area contributed by atoms with Crippen molar-refractivity contribution in [3.63, 3.8) is 0 Å². The lowest BCUT2D eigenvalue weighted by atomic mass is 9.97. The number of aryl methyl sites for hydroxylation is 1. The summed E-state index contributed by atoms with van der Waals surface area (Å²) in [6.07, 6.45) is 5.54. The van der Waals surface area contributed by atoms with E-state index in [0.29, 0.717) is 23.9 Å². The van der Waals surface area contributed by atoms with Crippen LogP contribution < -0.4 is 10.2 Å². The van der Waals surface area contributed by atoms with Crippen molar-refractivity contribution in [3.05, 3.63) is 36.0 Å². The normalized spacial score (nSPS) is 15.8. The topological polar surface area (TPSA) is 84.2 Å². The predicted octanol–water partition coefficient (Wildman–Crippen LogP) is 1.42. The van der Waals surface area contributed by atoms with Crippen molar-refractivity contribution in [3.8, 4) is 0 Å². The Hall–Kier alpha value is -2.44. The highest BCUT2D eigenvalue weighted by molar-refractivity contribution is 5.92. The molecule has 0 spiro atoms. The van der Waals surface area contributed by atoms with Crippen LogP contribution in [-0.2, 0) is 0 Å². The van der Waals surface area contributed by atoms with Gasteiger partial charge in [-0.05, 0) is 31.7 Å². The van der Waals surface area contributed by atoms with Gasteiger partial charge in [0.25, 0.3) is 5.91 Å². The molecule has 2 aromatic heterocycles. The van der Waals surface area contributed by atoms with E-state index >= 15 is 0 Å². The second-order valence-corrected chi connectivity index (χ2v) is 5.51. The van der Waals surface area contributed by atoms with E-state index < -0.39 is 0 Å². The maximum absolute atomic E-state index is 11.9. The lowest BCUT2D eigenvalue weighted by Crippen LogP contribution is -2.39. The number of rotatable bonds is 4. The molecule has 1 N–H and O–H groups in total. The molecule has 7 heteroatoms. The van der Waals surface area contributed by atoms with Crippen molar-refractivity contribution in [1.29, 1.82) is 0 Å². The smallest absolute Gasteiger partial charge is 0.273 e. The van der Waals surface area contributed by atoms with Gasteiger partial charge in [0.05, 0.1) is 0 Å². The Morgan fingerprint density at radius 1 is 1.36 bits per heavy atom. The second-order valence-electron chi connectivity index (χ2n) is 5.51. The zero-order valence-corrected chi connectivity index (χ0v) is 12.5. The van der Waals surface area contributed by atoms with E-state index in [0.717, 1.165) is 31.9 Å². The molecular formula is C15H19N5O2. The minimum Gasteiger partial charge on any atom is -0.361 e. The quantitative estimate of drug-likeness (QED) is 0.919. The van der Waals surface area contributed by atoms with Gasteiger partial charge in [0.1, 0.15) is 5.76 Å². The summed E-state index contributed by atoms with van der Waals surface area (Å²) < 4.78 is 4.91. The monoisotopic (exact) mass is 301 g/mol. The lowest BCUT2D eigenvalue weighted by Gasteiger charge is -2.31. The van der Waals surface area contributed by atoms with Gasteiger partial charge in [-0.3, -0.25) is 4.79 Å². The van der Waals surface area contributed by atoms with Crippen LogP contribution in [0, 0.1) is 12.8 Å². The summed E-state index contributed by atoms with van der Waals surface area (Å²) in [6.45, 7) is 4.25. The van der Waals surface area contributed by atoms with Crippen LogP contribution in [0.3, 0.4) is 0 Å². The van der Waals surface area contributed by atoms with Gasteiger partial charge in [0.2, 0.25) is 5.95 Å². The zero-order valence-electron chi connectivity index (χ0n) is 12.5. The average molecular weight is 301 g/mol. The first-order valence-electron chi connectivity index (χ1n) is 7.46. The molecule has 0 aliphatic carbocycles. The molecule has 116 valence electrons. The number of aromatic nitrogens is 3. The Morgan fingerprint density at radius 2 is 2.09 bits per heavy atom. The van der Waals surface area contributed by atoms with E-state index in [1.165, 1.54) is 0 Å². The van der Waals surface area contributed by atoms with Gasteiger partial charge < -0.3 is 14.7 Å². The minimum absolute atomic E-state index is 0.175. The third kappa shape index (κ3) is 3.41. The number of hydrogen-bond donors (Lipinski definition) is 1. The van der Waals surface area contributed by atoms with E-state index in [-0.39, 0.29) is 5.91 Å². The molecule has 0 bridgehead atoms. The fraction of sp³-hybridized carbons (Fsp3) is 0.467. The summed E-state index contributed by atoms with van der Waals surface area (Å²) in [4.78, 5) is 22.6. The van der Waals surface area contributed by atoms with Gasteiger partial charge in [-0.1, -0.05) is 5.16 Å². The second kappa shape index (κ2) is 6.55. The highest BCUT2D eigenvalue weighted by Gasteiger charge is 2.21. The van der Waals surface area contributed by atoms with Crippen LogP contribution in [0.25, 0.3) is 0 Å². The van der Waals surface area contributed by atoms with Crippen molar-refractivity contribution in [2.45, 2.75) is 19.8 Å². The number of carbonyl (C=O) groups excluding carboxylic acids is 1. The Bertz CT molecular complexity index is 620. The van der Waals surface area contributed by atoms with Gasteiger partial charge in [0.15, 0.2) is 5.69 Å². The third-order valence-electron chi connectivity index (χ3n) is 3.86. The highest BCUT2D eigenvalue weighted by Crippen LogP contribution is 2.19. The Labute approximate surface area is 128 Å². The fourth-order valence-corrected chi connectivity index (χ4v) is 2.59. The first-order chi connectivity index (χ1) is 10.7. The number of piperidine rings is 1. The number of anilines is 1. The summed E-state index contributed by atoms with van der Waals surface area (Å²) in [6, 6.07) is 3.46. The van der Waals surface area contributed by atoms with Crippen molar-refractivity contribution in [2.24, 2.45) is 5.92 Å². The number of nitrogens with zero attached hydrogens (tertiary/aromatic N) is 4.